The van der Waals surface area contributed by atoms with Crippen LogP contribution >= 0.6 is 0 Å². The number of rotatable bonds is 2. The fraction of sp³-hybridized carbons (Fsp3) is 0.214. The molecule has 0 aliphatic rings. The number of esters is 1. The number of aromatic hydroxyl groups is 1. The van der Waals surface area contributed by atoms with E-state index in [4.69, 9.17) is 4.74 Å². The van der Waals surface area contributed by atoms with Crippen molar-refractivity contribution in [3.8, 4) is 5.75 Å². The number of phenols is 1. The second kappa shape index (κ2) is 4.45. The minimum Gasteiger partial charge on any atom is -0.507 e. The van der Waals surface area contributed by atoms with Crippen molar-refractivity contribution in [2.24, 2.45) is 0 Å². The molecule has 3 heteroatoms. The molecule has 0 aliphatic heterocycles. The van der Waals surface area contributed by atoms with Crippen molar-refractivity contribution >= 4 is 16.7 Å². The van der Waals surface area contributed by atoms with Crippen molar-refractivity contribution in [3.63, 3.8) is 0 Å². The molecule has 0 fully saturated rings. The second-order valence-corrected chi connectivity index (χ2v) is 3.96. The average Bonchev–Trinajstić information content (AvgIpc) is 2.38. The van der Waals surface area contributed by atoms with Crippen LogP contribution < -0.4 is 0 Å². The summed E-state index contributed by atoms with van der Waals surface area (Å²) in [4.78, 5) is 11.6. The lowest BCUT2D eigenvalue weighted by Gasteiger charge is -2.13. The molecule has 17 heavy (non-hydrogen) atoms. The number of carbonyl (C=O) groups excluding carboxylic acids is 1. The summed E-state index contributed by atoms with van der Waals surface area (Å²) in [5.41, 5.74) is 0.866. The van der Waals surface area contributed by atoms with Crippen LogP contribution in [0.1, 0.15) is 18.4 Å². The molecule has 0 saturated heterocycles. The van der Waals surface area contributed by atoms with Crippen molar-refractivity contribution in [2.45, 2.75) is 12.8 Å². The molecule has 1 atom stereocenters. The molecule has 0 bridgehead atoms. The standard InChI is InChI=1S/C14H14O3/c1-9(14(16)17-2)10-7-8-13(15)12-6-4-3-5-11(10)12/h3-9,15H,1-2H3. The molecule has 0 aliphatic carbocycles. The summed E-state index contributed by atoms with van der Waals surface area (Å²) in [6, 6.07) is 10.8. The number of carbonyl (C=O) groups is 1. The molecule has 0 amide bonds. The maximum atomic E-state index is 11.6. The topological polar surface area (TPSA) is 46.5 Å². The van der Waals surface area contributed by atoms with E-state index in [0.717, 1.165) is 16.3 Å². The van der Waals surface area contributed by atoms with Crippen molar-refractivity contribution in [1.82, 2.24) is 0 Å². The summed E-state index contributed by atoms with van der Waals surface area (Å²) in [6.07, 6.45) is 0. The third kappa shape index (κ3) is 1.96. The predicted molar refractivity (Wildman–Crippen MR) is 66.0 cm³/mol. The average molecular weight is 230 g/mol. The number of hydrogen-bond donors (Lipinski definition) is 1. The van der Waals surface area contributed by atoms with Gasteiger partial charge < -0.3 is 9.84 Å². The van der Waals surface area contributed by atoms with E-state index < -0.39 is 0 Å². The van der Waals surface area contributed by atoms with Crippen LogP contribution in [0.25, 0.3) is 10.8 Å². The minimum absolute atomic E-state index is 0.224. The SMILES string of the molecule is COC(=O)C(C)c1ccc(O)c2ccccc12. The summed E-state index contributed by atoms with van der Waals surface area (Å²) in [5, 5.41) is 11.4. The second-order valence-electron chi connectivity index (χ2n) is 3.96. The first-order chi connectivity index (χ1) is 8.15. The maximum absolute atomic E-state index is 11.6. The summed E-state index contributed by atoms with van der Waals surface area (Å²) < 4.78 is 4.74. The Morgan fingerprint density at radius 3 is 2.47 bits per heavy atom. The largest absolute Gasteiger partial charge is 0.507 e. The van der Waals surface area contributed by atoms with Gasteiger partial charge in [0.25, 0.3) is 0 Å². The minimum atomic E-state index is -0.342. The third-order valence-corrected chi connectivity index (χ3v) is 2.96. The molecule has 0 heterocycles. The van der Waals surface area contributed by atoms with Gasteiger partial charge in [0.2, 0.25) is 0 Å². The number of ether oxygens (including phenoxy) is 1. The third-order valence-electron chi connectivity index (χ3n) is 2.96. The lowest BCUT2D eigenvalue weighted by atomic mass is 9.94. The summed E-state index contributed by atoms with van der Waals surface area (Å²) >= 11 is 0. The Morgan fingerprint density at radius 2 is 1.82 bits per heavy atom. The van der Waals surface area contributed by atoms with Gasteiger partial charge >= 0.3 is 5.97 Å². The Bertz CT molecular complexity index is 560. The van der Waals surface area contributed by atoms with E-state index in [2.05, 4.69) is 0 Å². The zero-order valence-corrected chi connectivity index (χ0v) is 9.81. The molecule has 3 nitrogen and oxygen atoms in total. The Morgan fingerprint density at radius 1 is 1.18 bits per heavy atom. The lowest BCUT2D eigenvalue weighted by molar-refractivity contribution is -0.141. The Labute approximate surface area is 99.6 Å². The van der Waals surface area contributed by atoms with Gasteiger partial charge in [-0.2, -0.15) is 0 Å². The molecule has 1 N–H and O–H groups in total. The van der Waals surface area contributed by atoms with Crippen molar-refractivity contribution in [3.05, 3.63) is 42.0 Å². The smallest absolute Gasteiger partial charge is 0.312 e. The molecule has 0 aromatic heterocycles. The van der Waals surface area contributed by atoms with Gasteiger partial charge in [0, 0.05) is 5.39 Å². The molecular formula is C14H14O3. The number of phenolic OH excluding ortho intramolecular Hbond substituents is 1. The van der Waals surface area contributed by atoms with E-state index in [1.54, 1.807) is 19.1 Å². The van der Waals surface area contributed by atoms with Crippen LogP contribution in [0, 0.1) is 0 Å². The number of methoxy groups -OCH3 is 1. The van der Waals surface area contributed by atoms with Crippen molar-refractivity contribution in [2.75, 3.05) is 7.11 Å². The van der Waals surface area contributed by atoms with Crippen LogP contribution in [0.5, 0.6) is 5.75 Å². The maximum Gasteiger partial charge on any atom is 0.312 e. The van der Waals surface area contributed by atoms with Crippen LogP contribution in [0.2, 0.25) is 0 Å². The van der Waals surface area contributed by atoms with E-state index in [9.17, 15) is 9.90 Å². The van der Waals surface area contributed by atoms with Crippen LogP contribution in [-0.4, -0.2) is 18.2 Å². The first-order valence-corrected chi connectivity index (χ1v) is 5.43. The Hall–Kier alpha value is -2.03. The van der Waals surface area contributed by atoms with Crippen LogP contribution in [-0.2, 0) is 9.53 Å². The lowest BCUT2D eigenvalue weighted by Crippen LogP contribution is -2.11. The van der Waals surface area contributed by atoms with E-state index in [0.29, 0.717) is 0 Å². The Kier molecular flexibility index (Phi) is 3.00. The highest BCUT2D eigenvalue weighted by molar-refractivity contribution is 5.94. The molecule has 0 spiro atoms. The summed E-state index contributed by atoms with van der Waals surface area (Å²) in [7, 11) is 1.38. The Balaban J connectivity index is 2.63. The molecular weight excluding hydrogens is 216 g/mol. The highest BCUT2D eigenvalue weighted by atomic mass is 16.5. The molecule has 2 rings (SSSR count). The van der Waals surface area contributed by atoms with Gasteiger partial charge in [-0.05, 0) is 23.9 Å². The molecule has 0 radical (unpaired) electrons. The zero-order valence-electron chi connectivity index (χ0n) is 9.81. The number of hydrogen-bond acceptors (Lipinski definition) is 3. The predicted octanol–water partition coefficient (Wildman–Crippen LogP) is 2.82. The normalized spacial score (nSPS) is 12.4. The number of benzene rings is 2. The first kappa shape index (κ1) is 11.5. The fourth-order valence-corrected chi connectivity index (χ4v) is 1.99. The van der Waals surface area contributed by atoms with Gasteiger partial charge in [-0.3, -0.25) is 4.79 Å². The zero-order chi connectivity index (χ0) is 12.4. The van der Waals surface area contributed by atoms with Crippen molar-refractivity contribution < 1.29 is 14.6 Å². The van der Waals surface area contributed by atoms with Gasteiger partial charge in [-0.25, -0.2) is 0 Å². The quantitative estimate of drug-likeness (QED) is 0.807. The monoisotopic (exact) mass is 230 g/mol. The summed E-state index contributed by atoms with van der Waals surface area (Å²) in [6.45, 7) is 1.80. The highest BCUT2D eigenvalue weighted by Crippen LogP contribution is 2.31. The molecule has 88 valence electrons. The van der Waals surface area contributed by atoms with Gasteiger partial charge in [0.1, 0.15) is 5.75 Å². The number of fused-ring (bicyclic) bond motifs is 1. The first-order valence-electron chi connectivity index (χ1n) is 5.43. The summed E-state index contributed by atoms with van der Waals surface area (Å²) in [5.74, 6) is -0.396. The fourth-order valence-electron chi connectivity index (χ4n) is 1.99. The van der Waals surface area contributed by atoms with Gasteiger partial charge in [0.15, 0.2) is 0 Å². The highest BCUT2D eigenvalue weighted by Gasteiger charge is 2.18. The van der Waals surface area contributed by atoms with Crippen molar-refractivity contribution in [1.29, 1.82) is 0 Å². The van der Waals surface area contributed by atoms with E-state index in [-0.39, 0.29) is 17.6 Å². The van der Waals surface area contributed by atoms with Crippen LogP contribution in [0.3, 0.4) is 0 Å². The molecule has 2 aromatic carbocycles. The molecule has 2 aromatic rings. The van der Waals surface area contributed by atoms with Gasteiger partial charge in [0.05, 0.1) is 13.0 Å². The molecule has 1 unspecified atom stereocenters. The van der Waals surface area contributed by atoms with Crippen LogP contribution in [0.15, 0.2) is 36.4 Å². The molecule has 0 saturated carbocycles. The van der Waals surface area contributed by atoms with E-state index in [1.807, 2.05) is 24.3 Å². The van der Waals surface area contributed by atoms with Crippen LogP contribution in [0.4, 0.5) is 0 Å². The van der Waals surface area contributed by atoms with E-state index >= 15 is 0 Å². The van der Waals surface area contributed by atoms with Gasteiger partial charge in [-0.1, -0.05) is 30.3 Å². The van der Waals surface area contributed by atoms with Gasteiger partial charge in [-0.15, -0.1) is 0 Å². The van der Waals surface area contributed by atoms with E-state index in [1.165, 1.54) is 7.11 Å².